The maximum atomic E-state index is 13.0. The number of nitrogens with one attached hydrogen (secondary N) is 2. The number of carbonyl (C=O) groups is 3. The number of amides is 2. The molecule has 0 saturated heterocycles. The lowest BCUT2D eigenvalue weighted by Gasteiger charge is -2.20. The number of hydrogen-bond acceptors (Lipinski definition) is 5. The minimum absolute atomic E-state index is 0.0564. The van der Waals surface area contributed by atoms with Gasteiger partial charge in [-0.1, -0.05) is 37.0 Å². The summed E-state index contributed by atoms with van der Waals surface area (Å²) in [7, 11) is 1.29. The Hall–Kier alpha value is -2.67. The number of methoxy groups -OCH3 is 1. The monoisotopic (exact) mass is 428 g/mol. The van der Waals surface area contributed by atoms with Crippen molar-refractivity contribution in [3.63, 3.8) is 0 Å². The number of rotatable bonds is 5. The van der Waals surface area contributed by atoms with Crippen LogP contribution in [0.2, 0.25) is 0 Å². The first-order chi connectivity index (χ1) is 14.3. The van der Waals surface area contributed by atoms with Crippen molar-refractivity contribution in [2.24, 2.45) is 5.92 Å². The normalized spacial score (nSPS) is 14.3. The minimum Gasteiger partial charge on any atom is -0.465 e. The number of carbonyl (C=O) groups excluding carboxylic acids is 3. The predicted octanol–water partition coefficient (Wildman–Crippen LogP) is 5.23. The summed E-state index contributed by atoms with van der Waals surface area (Å²) in [5, 5.41) is 6.18. The van der Waals surface area contributed by atoms with Gasteiger partial charge >= 0.3 is 5.97 Å². The second-order valence-electron chi connectivity index (χ2n) is 7.85. The Morgan fingerprint density at radius 2 is 1.73 bits per heavy atom. The first kappa shape index (κ1) is 22.0. The van der Waals surface area contributed by atoms with Crippen molar-refractivity contribution in [1.82, 2.24) is 0 Å². The molecular formula is C23H28N2O4S. The molecule has 1 aromatic carbocycles. The SMILES string of the molecule is COC(=O)c1c(NC(=O)C2CCCCC2)sc(C(=O)Nc2ccc(C)cc2C)c1C. The van der Waals surface area contributed by atoms with Gasteiger partial charge in [0.15, 0.2) is 0 Å². The van der Waals surface area contributed by atoms with E-state index < -0.39 is 5.97 Å². The molecule has 2 aromatic rings. The fraction of sp³-hybridized carbons (Fsp3) is 0.435. The molecule has 0 unspecified atom stereocenters. The second kappa shape index (κ2) is 9.43. The summed E-state index contributed by atoms with van der Waals surface area (Å²) in [6.45, 7) is 5.63. The van der Waals surface area contributed by atoms with Crippen molar-refractivity contribution >= 4 is 39.8 Å². The highest BCUT2D eigenvalue weighted by atomic mass is 32.1. The number of esters is 1. The number of thiophene rings is 1. The molecule has 6 nitrogen and oxygen atoms in total. The third-order valence-electron chi connectivity index (χ3n) is 5.59. The number of aryl methyl sites for hydroxylation is 2. The van der Waals surface area contributed by atoms with Crippen LogP contribution in [0.3, 0.4) is 0 Å². The molecule has 1 fully saturated rings. The Bertz CT molecular complexity index is 974. The van der Waals surface area contributed by atoms with Gasteiger partial charge in [-0.25, -0.2) is 4.79 Å². The first-order valence-corrected chi connectivity index (χ1v) is 11.0. The van der Waals surface area contributed by atoms with E-state index in [1.807, 2.05) is 32.0 Å². The molecule has 0 bridgehead atoms. The van der Waals surface area contributed by atoms with E-state index in [-0.39, 0.29) is 23.3 Å². The lowest BCUT2D eigenvalue weighted by atomic mass is 9.89. The summed E-state index contributed by atoms with van der Waals surface area (Å²) >= 11 is 1.11. The van der Waals surface area contributed by atoms with E-state index in [1.165, 1.54) is 7.11 Å². The van der Waals surface area contributed by atoms with E-state index in [0.717, 1.165) is 54.6 Å². The fourth-order valence-electron chi connectivity index (χ4n) is 3.88. The summed E-state index contributed by atoms with van der Waals surface area (Å²) in [5.41, 5.74) is 3.53. The molecule has 160 valence electrons. The average Bonchev–Trinajstić information content (AvgIpc) is 3.06. The Balaban J connectivity index is 1.88. The van der Waals surface area contributed by atoms with Gasteiger partial charge in [0.1, 0.15) is 5.00 Å². The molecule has 1 aromatic heterocycles. The maximum Gasteiger partial charge on any atom is 0.341 e. The summed E-state index contributed by atoms with van der Waals surface area (Å²) in [6.07, 6.45) is 4.93. The third kappa shape index (κ3) is 4.73. The van der Waals surface area contributed by atoms with Crippen LogP contribution >= 0.6 is 11.3 Å². The van der Waals surface area contributed by atoms with E-state index in [4.69, 9.17) is 4.74 Å². The highest BCUT2D eigenvalue weighted by Crippen LogP contribution is 2.35. The zero-order valence-corrected chi connectivity index (χ0v) is 18.7. The molecule has 0 atom stereocenters. The quantitative estimate of drug-likeness (QED) is 0.639. The maximum absolute atomic E-state index is 13.0. The van der Waals surface area contributed by atoms with E-state index >= 15 is 0 Å². The van der Waals surface area contributed by atoms with Crippen molar-refractivity contribution in [3.8, 4) is 0 Å². The van der Waals surface area contributed by atoms with E-state index in [1.54, 1.807) is 6.92 Å². The molecule has 2 amide bonds. The van der Waals surface area contributed by atoms with Gasteiger partial charge in [0.2, 0.25) is 5.91 Å². The van der Waals surface area contributed by atoms with Gasteiger partial charge in [0, 0.05) is 11.6 Å². The molecule has 0 radical (unpaired) electrons. The lowest BCUT2D eigenvalue weighted by molar-refractivity contribution is -0.120. The highest BCUT2D eigenvalue weighted by Gasteiger charge is 2.29. The smallest absolute Gasteiger partial charge is 0.341 e. The van der Waals surface area contributed by atoms with Crippen molar-refractivity contribution in [2.75, 3.05) is 17.7 Å². The second-order valence-corrected chi connectivity index (χ2v) is 8.87. The largest absolute Gasteiger partial charge is 0.465 e. The van der Waals surface area contributed by atoms with E-state index in [0.29, 0.717) is 21.1 Å². The predicted molar refractivity (Wildman–Crippen MR) is 119 cm³/mol. The fourth-order valence-corrected chi connectivity index (χ4v) is 4.97. The molecule has 1 aliphatic carbocycles. The summed E-state index contributed by atoms with van der Waals surface area (Å²) in [4.78, 5) is 38.5. The summed E-state index contributed by atoms with van der Waals surface area (Å²) < 4.78 is 4.91. The molecule has 1 saturated carbocycles. The zero-order valence-electron chi connectivity index (χ0n) is 17.9. The standard InChI is InChI=1S/C23H28N2O4S/c1-13-10-11-17(14(2)12-13)24-21(27)19-15(3)18(23(28)29-4)22(30-19)25-20(26)16-8-6-5-7-9-16/h10-12,16H,5-9H2,1-4H3,(H,24,27)(H,25,26). The number of hydrogen-bond donors (Lipinski definition) is 2. The van der Waals surface area contributed by atoms with Gasteiger partial charge in [-0.15, -0.1) is 11.3 Å². The molecule has 0 aliphatic heterocycles. The van der Waals surface area contributed by atoms with Gasteiger partial charge in [-0.2, -0.15) is 0 Å². The van der Waals surface area contributed by atoms with Gasteiger partial charge in [-0.05, 0) is 50.8 Å². The Kier molecular flexibility index (Phi) is 6.92. The minimum atomic E-state index is -0.562. The van der Waals surface area contributed by atoms with E-state index in [9.17, 15) is 14.4 Å². The molecule has 1 heterocycles. The van der Waals surface area contributed by atoms with Crippen LogP contribution in [0.15, 0.2) is 18.2 Å². The van der Waals surface area contributed by atoms with Crippen molar-refractivity contribution in [1.29, 1.82) is 0 Å². The number of ether oxygens (including phenoxy) is 1. The molecule has 7 heteroatoms. The van der Waals surface area contributed by atoms with Crippen LogP contribution in [0, 0.1) is 26.7 Å². The Morgan fingerprint density at radius 3 is 2.37 bits per heavy atom. The van der Waals surface area contributed by atoms with Gasteiger partial charge in [0.25, 0.3) is 5.91 Å². The topological polar surface area (TPSA) is 84.5 Å². The van der Waals surface area contributed by atoms with Crippen LogP contribution in [0.25, 0.3) is 0 Å². The van der Waals surface area contributed by atoms with Crippen molar-refractivity contribution in [3.05, 3.63) is 45.3 Å². The van der Waals surface area contributed by atoms with Crippen LogP contribution in [0.5, 0.6) is 0 Å². The van der Waals surface area contributed by atoms with Crippen LogP contribution in [-0.2, 0) is 9.53 Å². The van der Waals surface area contributed by atoms with Crippen LogP contribution in [0.4, 0.5) is 10.7 Å². The summed E-state index contributed by atoms with van der Waals surface area (Å²) in [5.74, 6) is -1.03. The van der Waals surface area contributed by atoms with Crippen molar-refractivity contribution < 1.29 is 19.1 Å². The van der Waals surface area contributed by atoms with Gasteiger partial charge < -0.3 is 15.4 Å². The van der Waals surface area contributed by atoms with Gasteiger partial charge in [-0.3, -0.25) is 9.59 Å². The molecule has 1 aliphatic rings. The van der Waals surface area contributed by atoms with Gasteiger partial charge in [0.05, 0.1) is 17.6 Å². The third-order valence-corrected chi connectivity index (χ3v) is 6.79. The van der Waals surface area contributed by atoms with E-state index in [2.05, 4.69) is 10.6 Å². The molecular weight excluding hydrogens is 400 g/mol. The average molecular weight is 429 g/mol. The Morgan fingerprint density at radius 1 is 1.03 bits per heavy atom. The Labute approximate surface area is 181 Å². The number of benzene rings is 1. The lowest BCUT2D eigenvalue weighted by Crippen LogP contribution is -2.25. The van der Waals surface area contributed by atoms with Crippen molar-refractivity contribution in [2.45, 2.75) is 52.9 Å². The van der Waals surface area contributed by atoms with Crippen LogP contribution in [-0.4, -0.2) is 24.9 Å². The van der Waals surface area contributed by atoms with Crippen LogP contribution in [0.1, 0.15) is 68.8 Å². The number of anilines is 2. The summed E-state index contributed by atoms with van der Waals surface area (Å²) in [6, 6.07) is 5.78. The highest BCUT2D eigenvalue weighted by molar-refractivity contribution is 7.19. The molecule has 0 spiro atoms. The molecule has 30 heavy (non-hydrogen) atoms. The zero-order chi connectivity index (χ0) is 21.8. The molecule has 3 rings (SSSR count). The molecule has 2 N–H and O–H groups in total. The van der Waals surface area contributed by atoms with Crippen LogP contribution < -0.4 is 10.6 Å². The first-order valence-electron chi connectivity index (χ1n) is 10.2.